The third-order valence-corrected chi connectivity index (χ3v) is 5.58. The van der Waals surface area contributed by atoms with E-state index in [0.717, 1.165) is 18.4 Å². The first-order valence-corrected chi connectivity index (χ1v) is 9.64. The first-order chi connectivity index (χ1) is 12.6. The number of benzene rings is 1. The van der Waals surface area contributed by atoms with Crippen LogP contribution in [-0.2, 0) is 12.8 Å². The molecule has 26 heavy (non-hydrogen) atoms. The Balaban J connectivity index is 1.47. The van der Waals surface area contributed by atoms with Gasteiger partial charge in [0.1, 0.15) is 5.69 Å². The Labute approximate surface area is 154 Å². The van der Waals surface area contributed by atoms with Gasteiger partial charge in [-0.2, -0.15) is 0 Å². The number of amides is 2. The van der Waals surface area contributed by atoms with E-state index in [1.165, 1.54) is 45.9 Å². The maximum absolute atomic E-state index is 12.3. The van der Waals surface area contributed by atoms with Crippen LogP contribution in [0.1, 0.15) is 42.5 Å². The number of nitrogens with zero attached hydrogens (tertiary/aromatic N) is 2. The summed E-state index contributed by atoms with van der Waals surface area (Å²) in [6.07, 6.45) is 7.76. The molecule has 0 unspecified atom stereocenters. The van der Waals surface area contributed by atoms with E-state index in [-0.39, 0.29) is 17.3 Å². The predicted octanol–water partition coefficient (Wildman–Crippen LogP) is 3.52. The summed E-state index contributed by atoms with van der Waals surface area (Å²) in [4.78, 5) is 29.4. The molecule has 1 aliphatic carbocycles. The molecule has 7 heteroatoms. The van der Waals surface area contributed by atoms with Crippen LogP contribution >= 0.6 is 11.3 Å². The summed E-state index contributed by atoms with van der Waals surface area (Å²) in [7, 11) is 0. The average Bonchev–Trinajstić information content (AvgIpc) is 3.13. The lowest BCUT2D eigenvalue weighted by atomic mass is 9.89. The number of nitrogens with one attached hydrogen (secondary N) is 2. The summed E-state index contributed by atoms with van der Waals surface area (Å²) < 4.78 is 1.42. The second-order valence-electron chi connectivity index (χ2n) is 6.59. The minimum atomic E-state index is -0.413. The number of aromatic nitrogens is 2. The zero-order valence-corrected chi connectivity index (χ0v) is 15.3. The van der Waals surface area contributed by atoms with Crippen LogP contribution in [0.15, 0.2) is 40.8 Å². The highest BCUT2D eigenvalue weighted by molar-refractivity contribution is 7.15. The highest BCUT2D eigenvalue weighted by Gasteiger charge is 2.15. The van der Waals surface area contributed by atoms with Gasteiger partial charge in [0.25, 0.3) is 5.56 Å². The lowest BCUT2D eigenvalue weighted by molar-refractivity contribution is 0.249. The van der Waals surface area contributed by atoms with E-state index >= 15 is 0 Å². The highest BCUT2D eigenvalue weighted by atomic mass is 32.1. The molecule has 0 aliphatic heterocycles. The Hall–Kier alpha value is -2.67. The zero-order chi connectivity index (χ0) is 18.1. The summed E-state index contributed by atoms with van der Waals surface area (Å²) in [6.45, 7) is 1.94. The molecule has 0 spiro atoms. The molecule has 0 fully saturated rings. The van der Waals surface area contributed by atoms with Crippen LogP contribution in [0.3, 0.4) is 0 Å². The van der Waals surface area contributed by atoms with Gasteiger partial charge in [-0.25, -0.2) is 9.78 Å². The van der Waals surface area contributed by atoms with Gasteiger partial charge in [-0.3, -0.25) is 9.20 Å². The van der Waals surface area contributed by atoms with Crippen LogP contribution in [0.4, 0.5) is 10.5 Å². The van der Waals surface area contributed by atoms with Crippen LogP contribution < -0.4 is 16.2 Å². The van der Waals surface area contributed by atoms with E-state index in [0.29, 0.717) is 4.96 Å². The standard InChI is InChI=1S/C19H20N4O2S/c1-12(14-7-6-13-4-2-3-5-15(13)10-14)21-18(25)22-16-11-20-19-23(17(16)24)8-9-26-19/h6-12H,2-5H2,1H3,(H2,21,22,25)/t12-/m0/s1. The van der Waals surface area contributed by atoms with Gasteiger partial charge in [0.15, 0.2) is 4.96 Å². The topological polar surface area (TPSA) is 75.5 Å². The molecular weight excluding hydrogens is 348 g/mol. The van der Waals surface area contributed by atoms with Gasteiger partial charge >= 0.3 is 6.03 Å². The fourth-order valence-corrected chi connectivity index (χ4v) is 4.05. The number of aryl methyl sites for hydroxylation is 2. The molecule has 0 bridgehead atoms. The molecular formula is C19H20N4O2S. The number of hydrogen-bond donors (Lipinski definition) is 2. The van der Waals surface area contributed by atoms with E-state index in [4.69, 9.17) is 0 Å². The van der Waals surface area contributed by atoms with Crippen LogP contribution in [-0.4, -0.2) is 15.4 Å². The zero-order valence-electron chi connectivity index (χ0n) is 14.5. The van der Waals surface area contributed by atoms with E-state index in [2.05, 4.69) is 33.8 Å². The second-order valence-corrected chi connectivity index (χ2v) is 7.46. The van der Waals surface area contributed by atoms with Crippen LogP contribution in [0, 0.1) is 0 Å². The predicted molar refractivity (Wildman–Crippen MR) is 103 cm³/mol. The van der Waals surface area contributed by atoms with Crippen molar-refractivity contribution < 1.29 is 4.79 Å². The van der Waals surface area contributed by atoms with E-state index in [9.17, 15) is 9.59 Å². The van der Waals surface area contributed by atoms with Crippen molar-refractivity contribution in [2.45, 2.75) is 38.6 Å². The number of carbonyl (C=O) groups excluding carboxylic acids is 1. The minimum absolute atomic E-state index is 0.150. The molecule has 2 aromatic heterocycles. The Kier molecular flexibility index (Phi) is 4.46. The van der Waals surface area contributed by atoms with Gasteiger partial charge in [0.2, 0.25) is 0 Å². The van der Waals surface area contributed by atoms with Crippen LogP contribution in [0.2, 0.25) is 0 Å². The second kappa shape index (κ2) is 6.92. The molecule has 1 atom stereocenters. The molecule has 2 amide bonds. The third kappa shape index (κ3) is 3.22. The molecule has 2 N–H and O–H groups in total. The van der Waals surface area contributed by atoms with Gasteiger partial charge in [-0.15, -0.1) is 11.3 Å². The number of carbonyl (C=O) groups is 1. The van der Waals surface area contributed by atoms with Crippen LogP contribution in [0.25, 0.3) is 4.96 Å². The summed E-state index contributed by atoms with van der Waals surface area (Å²) in [6, 6.07) is 5.86. The summed E-state index contributed by atoms with van der Waals surface area (Å²) >= 11 is 1.37. The first kappa shape index (κ1) is 16.8. The first-order valence-electron chi connectivity index (χ1n) is 8.76. The normalized spacial score (nSPS) is 14.7. The van der Waals surface area contributed by atoms with Gasteiger partial charge < -0.3 is 10.6 Å². The van der Waals surface area contributed by atoms with Crippen molar-refractivity contribution in [3.8, 4) is 0 Å². The van der Waals surface area contributed by atoms with Gasteiger partial charge in [-0.05, 0) is 49.3 Å². The molecule has 6 nitrogen and oxygen atoms in total. The van der Waals surface area contributed by atoms with E-state index in [1.54, 1.807) is 11.6 Å². The number of thiazole rings is 1. The molecule has 0 saturated carbocycles. The monoisotopic (exact) mass is 368 g/mol. The number of fused-ring (bicyclic) bond motifs is 2. The van der Waals surface area contributed by atoms with Crippen molar-refractivity contribution in [2.75, 3.05) is 5.32 Å². The number of hydrogen-bond acceptors (Lipinski definition) is 4. The maximum atomic E-state index is 12.3. The number of urea groups is 1. The smallest absolute Gasteiger partial charge is 0.319 e. The minimum Gasteiger partial charge on any atom is -0.331 e. The SMILES string of the molecule is C[C@H](NC(=O)Nc1cnc2sccn2c1=O)c1ccc2c(c1)CCCC2. The lowest BCUT2D eigenvalue weighted by Crippen LogP contribution is -2.33. The largest absolute Gasteiger partial charge is 0.331 e. The van der Waals surface area contributed by atoms with Gasteiger partial charge in [0, 0.05) is 11.6 Å². The maximum Gasteiger partial charge on any atom is 0.319 e. The third-order valence-electron chi connectivity index (χ3n) is 4.81. The average molecular weight is 368 g/mol. The van der Waals surface area contributed by atoms with E-state index < -0.39 is 6.03 Å². The van der Waals surface area contributed by atoms with Crippen LogP contribution in [0.5, 0.6) is 0 Å². The Morgan fingerprint density at radius 3 is 2.92 bits per heavy atom. The van der Waals surface area contributed by atoms with Crippen molar-refractivity contribution in [1.29, 1.82) is 0 Å². The molecule has 134 valence electrons. The quantitative estimate of drug-likeness (QED) is 0.743. The summed E-state index contributed by atoms with van der Waals surface area (Å²) in [5.74, 6) is 0. The molecule has 0 saturated heterocycles. The molecule has 1 aromatic carbocycles. The van der Waals surface area contributed by atoms with Crippen molar-refractivity contribution >= 4 is 28.0 Å². The summed E-state index contributed by atoms with van der Waals surface area (Å²) in [5.41, 5.74) is 3.75. The number of anilines is 1. The van der Waals surface area contributed by atoms with Crippen molar-refractivity contribution in [3.05, 3.63) is 63.0 Å². The molecule has 4 rings (SSSR count). The van der Waals surface area contributed by atoms with Crippen molar-refractivity contribution in [3.63, 3.8) is 0 Å². The van der Waals surface area contributed by atoms with E-state index in [1.807, 2.05) is 6.92 Å². The fourth-order valence-electron chi connectivity index (χ4n) is 3.37. The molecule has 2 heterocycles. The Morgan fingerprint density at radius 1 is 1.27 bits per heavy atom. The summed E-state index contributed by atoms with van der Waals surface area (Å²) in [5, 5.41) is 7.29. The highest BCUT2D eigenvalue weighted by Crippen LogP contribution is 2.24. The Morgan fingerprint density at radius 2 is 2.08 bits per heavy atom. The number of rotatable bonds is 3. The molecule has 0 radical (unpaired) electrons. The van der Waals surface area contributed by atoms with Gasteiger partial charge in [-0.1, -0.05) is 18.2 Å². The Bertz CT molecular complexity index is 1020. The lowest BCUT2D eigenvalue weighted by Gasteiger charge is -2.20. The fraction of sp³-hybridized carbons (Fsp3) is 0.316. The van der Waals surface area contributed by atoms with Gasteiger partial charge in [0.05, 0.1) is 12.2 Å². The van der Waals surface area contributed by atoms with Crippen molar-refractivity contribution in [2.24, 2.45) is 0 Å². The van der Waals surface area contributed by atoms with Crippen molar-refractivity contribution in [1.82, 2.24) is 14.7 Å². The molecule has 3 aromatic rings. The molecule has 1 aliphatic rings.